The van der Waals surface area contributed by atoms with Crippen LogP contribution in [0.25, 0.3) is 11.0 Å². The number of fused-ring (bicyclic) bond motifs is 1. The number of halogens is 1. The maximum absolute atomic E-state index is 13.9. The third-order valence-corrected chi connectivity index (χ3v) is 4.89. The van der Waals surface area contributed by atoms with E-state index < -0.39 is 5.82 Å². The molecule has 2 heterocycles. The van der Waals surface area contributed by atoms with Gasteiger partial charge in [-0.3, -0.25) is 9.59 Å². The molecule has 1 saturated heterocycles. The van der Waals surface area contributed by atoms with Crippen LogP contribution in [-0.4, -0.2) is 46.4 Å². The molecule has 1 aliphatic heterocycles. The molecular weight excluding hydrogens is 357 g/mol. The highest BCUT2D eigenvalue weighted by atomic mass is 32.1. The molecule has 0 unspecified atom stereocenters. The molecule has 0 radical (unpaired) electrons. The van der Waals surface area contributed by atoms with E-state index >= 15 is 0 Å². The average molecular weight is 379 g/mol. The first-order valence-corrected chi connectivity index (χ1v) is 9.25. The van der Waals surface area contributed by atoms with E-state index in [1.54, 1.807) is 11.8 Å². The van der Waals surface area contributed by atoms with E-state index in [9.17, 15) is 14.0 Å². The van der Waals surface area contributed by atoms with Crippen LogP contribution in [0.2, 0.25) is 0 Å². The van der Waals surface area contributed by atoms with Gasteiger partial charge in [-0.05, 0) is 56.5 Å². The summed E-state index contributed by atoms with van der Waals surface area (Å²) in [4.78, 5) is 32.0. The zero-order chi connectivity index (χ0) is 18.7. The lowest BCUT2D eigenvalue weighted by molar-refractivity contribution is -0.143. The van der Waals surface area contributed by atoms with Crippen molar-refractivity contribution < 1.29 is 18.7 Å². The number of hydrogen-bond donors (Lipinski definition) is 2. The van der Waals surface area contributed by atoms with Gasteiger partial charge in [0.1, 0.15) is 5.82 Å². The summed E-state index contributed by atoms with van der Waals surface area (Å²) in [6.07, 6.45) is 2.87. The first kappa shape index (κ1) is 18.6. The predicted molar refractivity (Wildman–Crippen MR) is 97.9 cm³/mol. The van der Waals surface area contributed by atoms with Crippen LogP contribution < -0.4 is 0 Å². The molecule has 0 aliphatic carbocycles. The van der Waals surface area contributed by atoms with E-state index in [0.29, 0.717) is 48.3 Å². The van der Waals surface area contributed by atoms with Crippen molar-refractivity contribution in [2.75, 3.05) is 19.7 Å². The molecule has 1 aliphatic rings. The van der Waals surface area contributed by atoms with E-state index in [1.807, 2.05) is 0 Å². The monoisotopic (exact) mass is 379 g/mol. The van der Waals surface area contributed by atoms with Gasteiger partial charge in [0.05, 0.1) is 23.2 Å². The number of H-pyrrole nitrogens is 2. The summed E-state index contributed by atoms with van der Waals surface area (Å²) in [5.74, 6) is -0.670. The Hall–Kier alpha value is -2.22. The molecule has 1 atom stereocenters. The maximum atomic E-state index is 13.9. The molecule has 3 rings (SSSR count). The van der Waals surface area contributed by atoms with Gasteiger partial charge in [0.2, 0.25) is 0 Å². The Morgan fingerprint density at radius 1 is 1.38 bits per heavy atom. The lowest BCUT2D eigenvalue weighted by Gasteiger charge is -2.33. The second kappa shape index (κ2) is 7.99. The minimum atomic E-state index is -0.484. The molecule has 26 heavy (non-hydrogen) atoms. The van der Waals surface area contributed by atoms with E-state index in [0.717, 1.165) is 12.8 Å². The quantitative estimate of drug-likeness (QED) is 0.615. The third kappa shape index (κ3) is 4.12. The highest BCUT2D eigenvalue weighted by molar-refractivity contribution is 7.71. The minimum Gasteiger partial charge on any atom is -0.466 e. The van der Waals surface area contributed by atoms with Gasteiger partial charge < -0.3 is 19.6 Å². The van der Waals surface area contributed by atoms with Crippen LogP contribution >= 0.6 is 12.2 Å². The van der Waals surface area contributed by atoms with Gasteiger partial charge in [0.25, 0.3) is 5.91 Å². The van der Waals surface area contributed by atoms with Crippen molar-refractivity contribution in [2.45, 2.75) is 32.6 Å². The Morgan fingerprint density at radius 3 is 2.96 bits per heavy atom. The Morgan fingerprint density at radius 2 is 2.19 bits per heavy atom. The number of nitrogens with one attached hydrogen (secondary N) is 2. The Balaban J connectivity index is 1.73. The molecule has 1 aromatic heterocycles. The van der Waals surface area contributed by atoms with Crippen LogP contribution in [-0.2, 0) is 9.53 Å². The number of ether oxygens (including phenoxy) is 1. The average Bonchev–Trinajstić information content (AvgIpc) is 2.99. The number of amides is 1. The molecule has 1 aromatic carbocycles. The van der Waals surface area contributed by atoms with Crippen molar-refractivity contribution in [1.82, 2.24) is 14.9 Å². The van der Waals surface area contributed by atoms with E-state index in [4.69, 9.17) is 17.0 Å². The molecule has 140 valence electrons. The zero-order valence-corrected chi connectivity index (χ0v) is 15.5. The smallest absolute Gasteiger partial charge is 0.305 e. The molecule has 2 N–H and O–H groups in total. The van der Waals surface area contributed by atoms with Gasteiger partial charge in [-0.15, -0.1) is 0 Å². The molecule has 0 saturated carbocycles. The van der Waals surface area contributed by atoms with E-state index in [2.05, 4.69) is 9.97 Å². The molecular formula is C18H22FN3O3S. The fraction of sp³-hybridized carbons (Fsp3) is 0.500. The number of esters is 1. The number of hydrogen-bond acceptors (Lipinski definition) is 4. The van der Waals surface area contributed by atoms with Crippen LogP contribution in [0.3, 0.4) is 0 Å². The molecule has 1 amide bonds. The summed E-state index contributed by atoms with van der Waals surface area (Å²) in [7, 11) is 0. The number of benzene rings is 1. The second-order valence-electron chi connectivity index (χ2n) is 6.56. The Kier molecular flexibility index (Phi) is 5.70. The standard InChI is InChI=1S/C18H22FN3O3S/c1-2-25-15(23)6-5-11-4-3-7-22(10-11)17(24)13-8-12(19)9-14-16(13)21-18(26)20-14/h8-9,11H,2-7,10H2,1H3,(H2,20,21,26)/t11-/m1/s1. The highest BCUT2D eigenvalue weighted by Crippen LogP contribution is 2.25. The normalized spacial score (nSPS) is 17.5. The minimum absolute atomic E-state index is 0.206. The van der Waals surface area contributed by atoms with E-state index in [1.165, 1.54) is 12.1 Å². The number of imidazole rings is 1. The highest BCUT2D eigenvalue weighted by Gasteiger charge is 2.26. The molecule has 1 fully saturated rings. The summed E-state index contributed by atoms with van der Waals surface area (Å²) >= 11 is 5.06. The summed E-state index contributed by atoms with van der Waals surface area (Å²) in [5.41, 5.74) is 1.28. The Labute approximate surface area is 155 Å². The van der Waals surface area contributed by atoms with Gasteiger partial charge in [-0.1, -0.05) is 0 Å². The van der Waals surface area contributed by atoms with Crippen LogP contribution in [0.1, 0.15) is 43.0 Å². The van der Waals surface area contributed by atoms with Gasteiger partial charge in [0.15, 0.2) is 4.77 Å². The van der Waals surface area contributed by atoms with Crippen molar-refractivity contribution >= 4 is 35.1 Å². The van der Waals surface area contributed by atoms with E-state index in [-0.39, 0.29) is 23.4 Å². The molecule has 2 aromatic rings. The largest absolute Gasteiger partial charge is 0.466 e. The number of piperidine rings is 1. The summed E-state index contributed by atoms with van der Waals surface area (Å²) in [5, 5.41) is 0. The fourth-order valence-electron chi connectivity index (χ4n) is 3.49. The number of carbonyl (C=O) groups is 2. The van der Waals surface area contributed by atoms with Crippen LogP contribution in [0, 0.1) is 16.5 Å². The van der Waals surface area contributed by atoms with Gasteiger partial charge in [-0.2, -0.15) is 0 Å². The van der Waals surface area contributed by atoms with Crippen molar-refractivity contribution in [1.29, 1.82) is 0 Å². The van der Waals surface area contributed by atoms with Gasteiger partial charge in [0, 0.05) is 19.5 Å². The SMILES string of the molecule is CCOC(=O)CC[C@H]1CCCN(C(=O)c2cc(F)cc3[nH]c(=S)[nH]c23)C1. The third-order valence-electron chi connectivity index (χ3n) is 4.69. The topological polar surface area (TPSA) is 78.2 Å². The molecule has 0 spiro atoms. The van der Waals surface area contributed by atoms with Crippen molar-refractivity contribution in [3.05, 3.63) is 28.3 Å². The number of rotatable bonds is 5. The molecule has 6 nitrogen and oxygen atoms in total. The lowest BCUT2D eigenvalue weighted by Crippen LogP contribution is -2.40. The van der Waals surface area contributed by atoms with Crippen molar-refractivity contribution in [2.24, 2.45) is 5.92 Å². The molecule has 0 bridgehead atoms. The zero-order valence-electron chi connectivity index (χ0n) is 14.6. The Bertz CT molecular complexity index is 876. The second-order valence-corrected chi connectivity index (χ2v) is 6.97. The lowest BCUT2D eigenvalue weighted by atomic mass is 9.93. The van der Waals surface area contributed by atoms with Gasteiger partial charge in [-0.25, -0.2) is 4.39 Å². The number of likely N-dealkylation sites (tertiary alicyclic amines) is 1. The summed E-state index contributed by atoms with van der Waals surface area (Å²) in [6.45, 7) is 3.34. The van der Waals surface area contributed by atoms with Crippen molar-refractivity contribution in [3.8, 4) is 0 Å². The first-order chi connectivity index (χ1) is 12.5. The number of aromatic amines is 2. The fourth-order valence-corrected chi connectivity index (χ4v) is 3.70. The summed E-state index contributed by atoms with van der Waals surface area (Å²) in [6, 6.07) is 2.56. The first-order valence-electron chi connectivity index (χ1n) is 8.84. The number of carbonyl (C=O) groups excluding carboxylic acids is 2. The van der Waals surface area contributed by atoms with Crippen molar-refractivity contribution in [3.63, 3.8) is 0 Å². The maximum Gasteiger partial charge on any atom is 0.305 e. The summed E-state index contributed by atoms with van der Waals surface area (Å²) < 4.78 is 19.2. The number of nitrogens with zero attached hydrogens (tertiary/aromatic N) is 1. The van der Waals surface area contributed by atoms with Crippen LogP contribution in [0.15, 0.2) is 12.1 Å². The predicted octanol–water partition coefficient (Wildman–Crippen LogP) is 3.56. The molecule has 8 heteroatoms. The number of aromatic nitrogens is 2. The van der Waals surface area contributed by atoms with Gasteiger partial charge >= 0.3 is 5.97 Å². The van der Waals surface area contributed by atoms with Crippen LogP contribution in [0.5, 0.6) is 0 Å². The van der Waals surface area contributed by atoms with Crippen LogP contribution in [0.4, 0.5) is 4.39 Å².